The lowest BCUT2D eigenvalue weighted by Gasteiger charge is -2.22. The topological polar surface area (TPSA) is 46.6 Å². The molecule has 0 spiro atoms. The van der Waals surface area contributed by atoms with E-state index in [-0.39, 0.29) is 18.6 Å². The standard InChI is InChI=1S/C17H19NO3/c1-3-8-14(4-2)16(19)18-15(12-21-17(18)20)11-13-9-6-5-7-10-13/h3-7,9-10,14-15H,1-2,8,11-12H2/t14-,15+/m0/s1. The Labute approximate surface area is 124 Å². The molecule has 21 heavy (non-hydrogen) atoms. The molecule has 0 bridgehead atoms. The second kappa shape index (κ2) is 6.88. The zero-order chi connectivity index (χ0) is 15.2. The maximum Gasteiger partial charge on any atom is 0.417 e. The predicted octanol–water partition coefficient (Wildman–Crippen LogP) is 2.95. The van der Waals surface area contributed by atoms with Gasteiger partial charge in [0.1, 0.15) is 6.61 Å². The fourth-order valence-corrected chi connectivity index (χ4v) is 2.42. The van der Waals surface area contributed by atoms with Gasteiger partial charge in [0.2, 0.25) is 5.91 Å². The predicted molar refractivity (Wildman–Crippen MR) is 80.6 cm³/mol. The van der Waals surface area contributed by atoms with Crippen molar-refractivity contribution < 1.29 is 14.3 Å². The van der Waals surface area contributed by atoms with Crippen molar-refractivity contribution in [1.29, 1.82) is 0 Å². The highest BCUT2D eigenvalue weighted by Crippen LogP contribution is 2.21. The highest BCUT2D eigenvalue weighted by atomic mass is 16.6. The molecule has 4 nitrogen and oxygen atoms in total. The summed E-state index contributed by atoms with van der Waals surface area (Å²) in [5, 5.41) is 0. The van der Waals surface area contributed by atoms with Crippen LogP contribution in [0.4, 0.5) is 4.79 Å². The van der Waals surface area contributed by atoms with Gasteiger partial charge in [0, 0.05) is 0 Å². The van der Waals surface area contributed by atoms with E-state index in [9.17, 15) is 9.59 Å². The number of cyclic esters (lactones) is 1. The second-order valence-corrected chi connectivity index (χ2v) is 5.00. The van der Waals surface area contributed by atoms with E-state index in [0.29, 0.717) is 12.8 Å². The molecule has 0 aliphatic carbocycles. The lowest BCUT2D eigenvalue weighted by atomic mass is 10.0. The Morgan fingerprint density at radius 3 is 2.71 bits per heavy atom. The van der Waals surface area contributed by atoms with Gasteiger partial charge in [-0.25, -0.2) is 9.69 Å². The molecule has 1 aliphatic rings. The molecule has 1 aromatic carbocycles. The number of carbonyl (C=O) groups excluding carboxylic acids is 2. The lowest BCUT2D eigenvalue weighted by molar-refractivity contribution is -0.131. The van der Waals surface area contributed by atoms with Gasteiger partial charge in [-0.05, 0) is 18.4 Å². The Hall–Kier alpha value is -2.36. The van der Waals surface area contributed by atoms with Crippen molar-refractivity contribution in [2.45, 2.75) is 18.9 Å². The molecule has 2 rings (SSSR count). The van der Waals surface area contributed by atoms with Gasteiger partial charge < -0.3 is 4.74 Å². The second-order valence-electron chi connectivity index (χ2n) is 5.00. The molecule has 110 valence electrons. The van der Waals surface area contributed by atoms with Gasteiger partial charge in [0.15, 0.2) is 0 Å². The number of rotatable bonds is 6. The number of nitrogens with zero attached hydrogens (tertiary/aromatic N) is 1. The third kappa shape index (κ3) is 3.40. The summed E-state index contributed by atoms with van der Waals surface area (Å²) in [4.78, 5) is 25.6. The van der Waals surface area contributed by atoms with Gasteiger partial charge in [-0.15, -0.1) is 13.2 Å². The van der Waals surface area contributed by atoms with Gasteiger partial charge in [-0.3, -0.25) is 4.79 Å². The molecule has 1 heterocycles. The summed E-state index contributed by atoms with van der Waals surface area (Å²) in [5.74, 6) is -0.709. The van der Waals surface area contributed by atoms with Crippen LogP contribution < -0.4 is 0 Å². The number of benzene rings is 1. The summed E-state index contributed by atoms with van der Waals surface area (Å²) >= 11 is 0. The van der Waals surface area contributed by atoms with Gasteiger partial charge in [0.25, 0.3) is 0 Å². The monoisotopic (exact) mass is 285 g/mol. The summed E-state index contributed by atoms with van der Waals surface area (Å²) in [6.07, 6.45) is 3.69. The maximum atomic E-state index is 12.5. The van der Waals surface area contributed by atoms with Crippen LogP contribution in [0.1, 0.15) is 12.0 Å². The van der Waals surface area contributed by atoms with Gasteiger partial charge in [-0.2, -0.15) is 0 Å². The zero-order valence-electron chi connectivity index (χ0n) is 11.9. The number of hydrogen-bond donors (Lipinski definition) is 0. The summed E-state index contributed by atoms with van der Waals surface area (Å²) in [7, 11) is 0. The molecule has 0 N–H and O–H groups in total. The average Bonchev–Trinajstić information content (AvgIpc) is 2.86. The molecular formula is C17H19NO3. The Balaban J connectivity index is 2.14. The van der Waals surface area contributed by atoms with Crippen molar-refractivity contribution in [3.8, 4) is 0 Å². The number of imide groups is 1. The molecule has 4 heteroatoms. The molecule has 1 aliphatic heterocycles. The Morgan fingerprint density at radius 1 is 1.38 bits per heavy atom. The molecule has 0 aromatic heterocycles. The lowest BCUT2D eigenvalue weighted by Crippen LogP contribution is -2.43. The van der Waals surface area contributed by atoms with E-state index in [0.717, 1.165) is 5.56 Å². The largest absolute Gasteiger partial charge is 0.447 e. The van der Waals surface area contributed by atoms with E-state index in [1.54, 1.807) is 12.2 Å². The van der Waals surface area contributed by atoms with Crippen LogP contribution in [0.25, 0.3) is 0 Å². The number of hydrogen-bond acceptors (Lipinski definition) is 3. The quantitative estimate of drug-likeness (QED) is 0.755. The minimum absolute atomic E-state index is 0.234. The smallest absolute Gasteiger partial charge is 0.417 e. The number of carbonyl (C=O) groups is 2. The normalized spacial score (nSPS) is 19.0. The molecule has 2 atom stereocenters. The van der Waals surface area contributed by atoms with E-state index in [4.69, 9.17) is 4.74 Å². The van der Waals surface area contributed by atoms with Crippen LogP contribution in [0.15, 0.2) is 55.6 Å². The first-order valence-corrected chi connectivity index (χ1v) is 6.94. The van der Waals surface area contributed by atoms with Crippen LogP contribution in [0.5, 0.6) is 0 Å². The van der Waals surface area contributed by atoms with Crippen LogP contribution in [-0.4, -0.2) is 29.5 Å². The third-order valence-corrected chi connectivity index (χ3v) is 3.53. The molecular weight excluding hydrogens is 266 g/mol. The minimum Gasteiger partial charge on any atom is -0.447 e. The van der Waals surface area contributed by atoms with Gasteiger partial charge in [-0.1, -0.05) is 42.5 Å². The maximum absolute atomic E-state index is 12.5. The average molecular weight is 285 g/mol. The molecule has 1 fully saturated rings. The van der Waals surface area contributed by atoms with Crippen molar-refractivity contribution in [2.24, 2.45) is 5.92 Å². The molecule has 0 unspecified atom stereocenters. The fraction of sp³-hybridized carbons (Fsp3) is 0.294. The van der Waals surface area contributed by atoms with Crippen LogP contribution in [0, 0.1) is 5.92 Å². The van der Waals surface area contributed by atoms with Crippen molar-refractivity contribution in [2.75, 3.05) is 6.61 Å². The highest BCUT2D eigenvalue weighted by molar-refractivity contribution is 5.95. The Kier molecular flexibility index (Phi) is 4.93. The van der Waals surface area contributed by atoms with E-state index >= 15 is 0 Å². The number of allylic oxidation sites excluding steroid dienone is 1. The first kappa shape index (κ1) is 15.0. The van der Waals surface area contributed by atoms with E-state index in [1.807, 2.05) is 30.3 Å². The molecule has 0 radical (unpaired) electrons. The summed E-state index contributed by atoms with van der Waals surface area (Å²) < 4.78 is 5.05. The molecule has 1 aromatic rings. The van der Waals surface area contributed by atoms with E-state index in [2.05, 4.69) is 13.2 Å². The van der Waals surface area contributed by atoms with Crippen LogP contribution in [-0.2, 0) is 16.0 Å². The fourth-order valence-electron chi connectivity index (χ4n) is 2.42. The van der Waals surface area contributed by atoms with Crippen LogP contribution >= 0.6 is 0 Å². The Morgan fingerprint density at radius 2 is 2.10 bits per heavy atom. The van der Waals surface area contributed by atoms with Gasteiger partial charge in [0.05, 0.1) is 12.0 Å². The van der Waals surface area contributed by atoms with Crippen molar-refractivity contribution in [1.82, 2.24) is 4.90 Å². The highest BCUT2D eigenvalue weighted by Gasteiger charge is 2.39. The zero-order valence-corrected chi connectivity index (χ0v) is 11.9. The molecule has 2 amide bonds. The number of amides is 2. The van der Waals surface area contributed by atoms with Crippen molar-refractivity contribution >= 4 is 12.0 Å². The van der Waals surface area contributed by atoms with Crippen molar-refractivity contribution in [3.63, 3.8) is 0 Å². The van der Waals surface area contributed by atoms with Crippen LogP contribution in [0.3, 0.4) is 0 Å². The number of ether oxygens (including phenoxy) is 1. The minimum atomic E-state index is -0.572. The molecule has 0 saturated carbocycles. The van der Waals surface area contributed by atoms with E-state index in [1.165, 1.54) is 4.90 Å². The first-order valence-electron chi connectivity index (χ1n) is 6.94. The van der Waals surface area contributed by atoms with Gasteiger partial charge >= 0.3 is 6.09 Å². The third-order valence-electron chi connectivity index (χ3n) is 3.53. The van der Waals surface area contributed by atoms with E-state index < -0.39 is 12.0 Å². The molecule has 1 saturated heterocycles. The Bertz CT molecular complexity index is 538. The van der Waals surface area contributed by atoms with Crippen LogP contribution in [0.2, 0.25) is 0 Å². The SMILES string of the molecule is C=CC[C@H](C=C)C(=O)N1C(=O)OC[C@H]1Cc1ccccc1. The van der Waals surface area contributed by atoms with Crippen molar-refractivity contribution in [3.05, 3.63) is 61.2 Å². The summed E-state index contributed by atoms with van der Waals surface area (Å²) in [6, 6.07) is 9.48. The first-order chi connectivity index (χ1) is 10.2. The summed E-state index contributed by atoms with van der Waals surface area (Å²) in [6.45, 7) is 7.52. The summed E-state index contributed by atoms with van der Waals surface area (Å²) in [5.41, 5.74) is 1.07.